The highest BCUT2D eigenvalue weighted by Gasteiger charge is 2.03. The maximum atomic E-state index is 10.1. The molecule has 0 spiro atoms. The molecule has 0 aliphatic carbocycles. The van der Waals surface area contributed by atoms with E-state index in [0.717, 1.165) is 38.6 Å². The Balaban J connectivity index is 4.16. The fourth-order valence-corrected chi connectivity index (χ4v) is 3.18. The van der Waals surface area contributed by atoms with Crippen LogP contribution in [-0.4, -0.2) is 21.7 Å². The van der Waals surface area contributed by atoms with Crippen molar-refractivity contribution in [3.63, 3.8) is 0 Å². The number of hydrogen-bond donors (Lipinski definition) is 2. The largest absolute Gasteiger partial charge is 0.511 e. The first-order chi connectivity index (χ1) is 13.1. The highest BCUT2D eigenvalue weighted by molar-refractivity contribution is 4.99. The van der Waals surface area contributed by atoms with Crippen molar-refractivity contribution in [3.05, 3.63) is 23.9 Å². The van der Waals surface area contributed by atoms with Crippen LogP contribution in [0.4, 0.5) is 0 Å². The van der Waals surface area contributed by atoms with E-state index < -0.39 is 0 Å². The predicted molar refractivity (Wildman–Crippen MR) is 119 cm³/mol. The monoisotopic (exact) mass is 381 g/mol. The molecule has 0 aromatic heterocycles. The van der Waals surface area contributed by atoms with E-state index in [1.54, 1.807) is 0 Å². The summed E-state index contributed by atoms with van der Waals surface area (Å²) >= 11 is 0. The van der Waals surface area contributed by atoms with Gasteiger partial charge in [-0.3, -0.25) is 0 Å². The molecule has 0 bridgehead atoms. The minimum atomic E-state index is 0.420. The van der Waals surface area contributed by atoms with Gasteiger partial charge >= 0.3 is 0 Å². The number of rotatable bonds is 19. The number of nitrogens with zero attached hydrogens (tertiary/aromatic N) is 1. The summed E-state index contributed by atoms with van der Waals surface area (Å²) < 4.78 is 0. The van der Waals surface area contributed by atoms with Crippen LogP contribution in [0.2, 0.25) is 0 Å². The summed E-state index contributed by atoms with van der Waals surface area (Å²) in [5, 5.41) is 20.2. The van der Waals surface area contributed by atoms with Crippen LogP contribution in [0, 0.1) is 0 Å². The molecule has 0 fully saturated rings. The quantitative estimate of drug-likeness (QED) is 0.174. The third-order valence-electron chi connectivity index (χ3n) is 4.97. The third kappa shape index (κ3) is 18.0. The van der Waals surface area contributed by atoms with Crippen LogP contribution in [0.1, 0.15) is 124 Å². The molecule has 0 saturated carbocycles. The Morgan fingerprint density at radius 3 is 1.33 bits per heavy atom. The van der Waals surface area contributed by atoms with Gasteiger partial charge in [0.15, 0.2) is 0 Å². The summed E-state index contributed by atoms with van der Waals surface area (Å²) in [6.45, 7) is 7.39. The summed E-state index contributed by atoms with van der Waals surface area (Å²) in [4.78, 5) is 1.99. The molecule has 3 nitrogen and oxygen atoms in total. The summed E-state index contributed by atoms with van der Waals surface area (Å²) in [5.41, 5.74) is 0. The Morgan fingerprint density at radius 1 is 0.556 bits per heavy atom. The molecule has 27 heavy (non-hydrogen) atoms. The smallest absolute Gasteiger partial charge is 0.108 e. The molecule has 0 aromatic rings. The van der Waals surface area contributed by atoms with Crippen LogP contribution in [0.5, 0.6) is 0 Å². The van der Waals surface area contributed by atoms with Gasteiger partial charge < -0.3 is 15.1 Å². The Labute approximate surface area is 169 Å². The Bertz CT molecular complexity index is 353. The van der Waals surface area contributed by atoms with E-state index in [1.165, 1.54) is 57.8 Å². The van der Waals surface area contributed by atoms with Gasteiger partial charge in [-0.05, 0) is 19.3 Å². The van der Waals surface area contributed by atoms with E-state index in [1.807, 2.05) is 17.3 Å². The van der Waals surface area contributed by atoms with Crippen molar-refractivity contribution in [1.82, 2.24) is 4.90 Å². The minimum Gasteiger partial charge on any atom is -0.511 e. The van der Waals surface area contributed by atoms with Crippen molar-refractivity contribution in [2.24, 2.45) is 0 Å². The van der Waals surface area contributed by atoms with Crippen LogP contribution >= 0.6 is 0 Å². The minimum absolute atomic E-state index is 0.420. The zero-order valence-corrected chi connectivity index (χ0v) is 18.5. The molecule has 0 atom stereocenters. The summed E-state index contributed by atoms with van der Waals surface area (Å²) in [7, 11) is 0. The number of unbranched alkanes of at least 4 members (excludes halogenated alkanes) is 11. The van der Waals surface area contributed by atoms with E-state index in [4.69, 9.17) is 0 Å². The maximum absolute atomic E-state index is 10.1. The van der Waals surface area contributed by atoms with Crippen molar-refractivity contribution in [1.29, 1.82) is 0 Å². The lowest BCUT2D eigenvalue weighted by Crippen LogP contribution is -2.14. The molecule has 0 saturated heterocycles. The van der Waals surface area contributed by atoms with E-state index >= 15 is 0 Å². The molecule has 160 valence electrons. The molecule has 0 rings (SSSR count). The van der Waals surface area contributed by atoms with Gasteiger partial charge in [0.25, 0.3) is 0 Å². The molecule has 0 heterocycles. The van der Waals surface area contributed by atoms with Crippen molar-refractivity contribution < 1.29 is 10.2 Å². The molecular weight excluding hydrogens is 334 g/mol. The first-order valence-corrected chi connectivity index (χ1v) is 11.7. The van der Waals surface area contributed by atoms with Gasteiger partial charge in [0.05, 0.1) is 0 Å². The molecular formula is C24H47NO2. The summed E-state index contributed by atoms with van der Waals surface area (Å²) in [6.07, 6.45) is 22.4. The predicted octanol–water partition coefficient (Wildman–Crippen LogP) is 8.39. The first kappa shape index (κ1) is 25.9. The van der Waals surface area contributed by atoms with Crippen LogP contribution in [-0.2, 0) is 0 Å². The Hall–Kier alpha value is -1.12. The fraction of sp³-hybridized carbons (Fsp3) is 0.833. The van der Waals surface area contributed by atoms with Crippen molar-refractivity contribution in [2.75, 3.05) is 6.54 Å². The van der Waals surface area contributed by atoms with Gasteiger partial charge in [-0.15, -0.1) is 0 Å². The average molecular weight is 382 g/mol. The van der Waals surface area contributed by atoms with Crippen LogP contribution in [0.3, 0.4) is 0 Å². The summed E-state index contributed by atoms with van der Waals surface area (Å²) in [5.74, 6) is 0.840. The number of aliphatic hydroxyl groups is 2. The number of hydrogen-bond acceptors (Lipinski definition) is 3. The van der Waals surface area contributed by atoms with Crippen molar-refractivity contribution >= 4 is 0 Å². The third-order valence-corrected chi connectivity index (χ3v) is 4.97. The molecule has 0 aromatic carbocycles. The molecule has 0 aliphatic rings. The molecule has 3 heteroatoms. The van der Waals surface area contributed by atoms with Gasteiger partial charge in [-0.2, -0.15) is 0 Å². The molecule has 0 amide bonds. The topological polar surface area (TPSA) is 43.7 Å². The lowest BCUT2D eigenvalue weighted by molar-refractivity contribution is 0.336. The van der Waals surface area contributed by atoms with E-state index in [2.05, 4.69) is 20.8 Å². The molecule has 0 aliphatic heterocycles. The zero-order chi connectivity index (χ0) is 20.2. The zero-order valence-electron chi connectivity index (χ0n) is 18.5. The fourth-order valence-electron chi connectivity index (χ4n) is 3.18. The van der Waals surface area contributed by atoms with Gasteiger partial charge in [0.2, 0.25) is 0 Å². The lowest BCUT2D eigenvalue weighted by Gasteiger charge is -2.17. The van der Waals surface area contributed by atoms with E-state index in [9.17, 15) is 10.2 Å². The van der Waals surface area contributed by atoms with Crippen molar-refractivity contribution in [3.8, 4) is 0 Å². The highest BCUT2D eigenvalue weighted by Crippen LogP contribution is 2.13. The van der Waals surface area contributed by atoms with Crippen LogP contribution in [0.25, 0.3) is 0 Å². The SMILES string of the molecule is CCCCCCCCCCCCN(C=C(O)CCCC)C=C(O)CCCC. The molecule has 0 radical (unpaired) electrons. The standard InChI is InChI=1S/C24H47NO2/c1-4-7-10-11-12-13-14-15-16-17-20-25(21-23(26)18-8-5-2)22-24(27)19-9-6-3/h21-22,26-27H,4-20H2,1-3H3. The maximum Gasteiger partial charge on any atom is 0.108 e. The highest BCUT2D eigenvalue weighted by atomic mass is 16.3. The Kier molecular flexibility index (Phi) is 18.8. The van der Waals surface area contributed by atoms with E-state index in [-0.39, 0.29) is 0 Å². The van der Waals surface area contributed by atoms with Crippen LogP contribution in [0.15, 0.2) is 23.9 Å². The van der Waals surface area contributed by atoms with E-state index in [0.29, 0.717) is 24.4 Å². The van der Waals surface area contributed by atoms with Gasteiger partial charge in [0, 0.05) is 31.8 Å². The molecule has 2 N–H and O–H groups in total. The lowest BCUT2D eigenvalue weighted by atomic mass is 10.1. The second-order valence-electron chi connectivity index (χ2n) is 7.87. The Morgan fingerprint density at radius 2 is 0.926 bits per heavy atom. The van der Waals surface area contributed by atoms with Crippen molar-refractivity contribution in [2.45, 2.75) is 124 Å². The second-order valence-corrected chi connectivity index (χ2v) is 7.87. The normalized spacial score (nSPS) is 12.6. The second kappa shape index (κ2) is 19.6. The van der Waals surface area contributed by atoms with Gasteiger partial charge in [-0.25, -0.2) is 0 Å². The van der Waals surface area contributed by atoms with Gasteiger partial charge in [0.1, 0.15) is 11.5 Å². The number of aliphatic hydroxyl groups excluding tert-OH is 2. The first-order valence-electron chi connectivity index (χ1n) is 11.7. The molecule has 0 unspecified atom stereocenters. The van der Waals surface area contributed by atoms with Gasteiger partial charge in [-0.1, -0.05) is 91.4 Å². The average Bonchev–Trinajstić information content (AvgIpc) is 2.66. The van der Waals surface area contributed by atoms with Crippen LogP contribution < -0.4 is 0 Å². The number of allylic oxidation sites excluding steroid dienone is 2. The summed E-state index contributed by atoms with van der Waals surface area (Å²) in [6, 6.07) is 0.